The zero-order valence-corrected chi connectivity index (χ0v) is 17.6. The molecule has 1 amide bonds. The Kier molecular flexibility index (Phi) is 6.94. The molecule has 28 heavy (non-hydrogen) atoms. The van der Waals surface area contributed by atoms with Crippen molar-refractivity contribution in [3.05, 3.63) is 46.4 Å². The lowest BCUT2D eigenvalue weighted by Crippen LogP contribution is -2.15. The van der Waals surface area contributed by atoms with Gasteiger partial charge < -0.3 is 19.4 Å². The first-order chi connectivity index (χ1) is 13.6. The number of benzene rings is 1. The van der Waals surface area contributed by atoms with E-state index in [1.165, 1.54) is 16.6 Å². The maximum absolute atomic E-state index is 12.4. The molecule has 0 aliphatic carbocycles. The van der Waals surface area contributed by atoms with E-state index in [0.29, 0.717) is 17.2 Å². The molecule has 3 rings (SSSR count). The number of hydrogen-bond donors (Lipinski definition) is 1. The number of thiophene rings is 1. The van der Waals surface area contributed by atoms with Gasteiger partial charge in [-0.15, -0.1) is 21.5 Å². The van der Waals surface area contributed by atoms with E-state index in [0.717, 1.165) is 23.9 Å². The number of thioether (sulfide) groups is 1. The van der Waals surface area contributed by atoms with Gasteiger partial charge in [0.2, 0.25) is 5.91 Å². The van der Waals surface area contributed by atoms with E-state index >= 15 is 0 Å². The van der Waals surface area contributed by atoms with Crippen LogP contribution in [-0.4, -0.2) is 40.6 Å². The van der Waals surface area contributed by atoms with Crippen LogP contribution >= 0.6 is 23.1 Å². The Balaban J connectivity index is 1.62. The molecule has 0 saturated carbocycles. The molecule has 0 fully saturated rings. The highest BCUT2D eigenvalue weighted by molar-refractivity contribution is 7.99. The zero-order valence-electron chi connectivity index (χ0n) is 16.0. The summed E-state index contributed by atoms with van der Waals surface area (Å²) in [6, 6.07) is 9.37. The average Bonchev–Trinajstić information content (AvgIpc) is 3.36. The van der Waals surface area contributed by atoms with Crippen molar-refractivity contribution in [2.24, 2.45) is 0 Å². The fourth-order valence-electron chi connectivity index (χ4n) is 2.66. The van der Waals surface area contributed by atoms with Gasteiger partial charge in [0, 0.05) is 23.9 Å². The monoisotopic (exact) mass is 418 g/mol. The van der Waals surface area contributed by atoms with Gasteiger partial charge in [-0.3, -0.25) is 4.79 Å². The first-order valence-electron chi connectivity index (χ1n) is 8.73. The predicted molar refractivity (Wildman–Crippen MR) is 112 cm³/mol. The number of rotatable bonds is 9. The van der Waals surface area contributed by atoms with Gasteiger partial charge in [-0.05, 0) is 30.5 Å². The number of ether oxygens (including phenoxy) is 2. The summed E-state index contributed by atoms with van der Waals surface area (Å²) >= 11 is 3.07. The van der Waals surface area contributed by atoms with E-state index in [-0.39, 0.29) is 11.7 Å². The van der Waals surface area contributed by atoms with Gasteiger partial charge in [-0.25, -0.2) is 0 Å². The molecule has 0 radical (unpaired) electrons. The van der Waals surface area contributed by atoms with E-state index in [1.807, 2.05) is 17.6 Å². The Morgan fingerprint density at radius 2 is 2.11 bits per heavy atom. The summed E-state index contributed by atoms with van der Waals surface area (Å²) in [7, 11) is 3.14. The van der Waals surface area contributed by atoms with Gasteiger partial charge in [-0.2, -0.15) is 0 Å². The highest BCUT2D eigenvalue weighted by Gasteiger charge is 2.15. The molecule has 1 N–H and O–H groups in total. The van der Waals surface area contributed by atoms with Crippen LogP contribution in [0.15, 0.2) is 40.9 Å². The quantitative estimate of drug-likeness (QED) is 0.534. The van der Waals surface area contributed by atoms with E-state index in [4.69, 9.17) is 9.47 Å². The third-order valence-corrected chi connectivity index (χ3v) is 5.88. The van der Waals surface area contributed by atoms with Crippen molar-refractivity contribution < 1.29 is 14.3 Å². The normalized spacial score (nSPS) is 10.7. The van der Waals surface area contributed by atoms with Gasteiger partial charge in [0.05, 0.1) is 25.7 Å². The zero-order chi connectivity index (χ0) is 19.9. The fourth-order valence-corrected chi connectivity index (χ4v) is 4.18. The number of nitrogens with zero attached hydrogens (tertiary/aromatic N) is 3. The lowest BCUT2D eigenvalue weighted by molar-refractivity contribution is -0.113. The molecule has 9 heteroatoms. The molecule has 0 aliphatic heterocycles. The number of anilines is 1. The number of carbonyl (C=O) groups excluding carboxylic acids is 1. The topological polar surface area (TPSA) is 78.3 Å². The Morgan fingerprint density at radius 1 is 1.25 bits per heavy atom. The highest BCUT2D eigenvalue weighted by Crippen LogP contribution is 2.29. The van der Waals surface area contributed by atoms with Gasteiger partial charge in [-0.1, -0.05) is 17.8 Å². The molecule has 7 nitrogen and oxygen atoms in total. The number of hydrogen-bond acceptors (Lipinski definition) is 7. The summed E-state index contributed by atoms with van der Waals surface area (Å²) in [5, 5.41) is 14.2. The number of carbonyl (C=O) groups is 1. The minimum absolute atomic E-state index is 0.140. The molecule has 2 heterocycles. The van der Waals surface area contributed by atoms with Crippen molar-refractivity contribution in [2.45, 2.75) is 25.0 Å². The predicted octanol–water partition coefficient (Wildman–Crippen LogP) is 3.70. The largest absolute Gasteiger partial charge is 0.497 e. The van der Waals surface area contributed by atoms with Crippen molar-refractivity contribution in [3.8, 4) is 11.5 Å². The van der Waals surface area contributed by atoms with Crippen molar-refractivity contribution in [2.75, 3.05) is 25.3 Å². The fraction of sp³-hybridized carbons (Fsp3) is 0.316. The smallest absolute Gasteiger partial charge is 0.234 e. The Labute approximate surface area is 172 Å². The van der Waals surface area contributed by atoms with Crippen molar-refractivity contribution in [1.29, 1.82) is 0 Å². The minimum atomic E-state index is -0.140. The van der Waals surface area contributed by atoms with Crippen LogP contribution < -0.4 is 14.8 Å². The van der Waals surface area contributed by atoms with Crippen LogP contribution in [0.5, 0.6) is 11.5 Å². The van der Waals surface area contributed by atoms with Crippen LogP contribution in [0.4, 0.5) is 5.69 Å². The van der Waals surface area contributed by atoms with Crippen LogP contribution in [0.2, 0.25) is 0 Å². The number of amides is 1. The third-order valence-electron chi connectivity index (χ3n) is 4.04. The van der Waals surface area contributed by atoms with Crippen LogP contribution in [0, 0.1) is 0 Å². The number of nitrogens with one attached hydrogen (secondary N) is 1. The summed E-state index contributed by atoms with van der Waals surface area (Å²) in [5.41, 5.74) is 0.601. The first kappa shape index (κ1) is 20.2. The lowest BCUT2D eigenvalue weighted by Gasteiger charge is -2.11. The Hall–Kier alpha value is -2.52. The van der Waals surface area contributed by atoms with Crippen molar-refractivity contribution in [1.82, 2.24) is 14.8 Å². The summed E-state index contributed by atoms with van der Waals surface area (Å²) < 4.78 is 12.5. The van der Waals surface area contributed by atoms with E-state index in [2.05, 4.69) is 27.0 Å². The SMILES string of the molecule is CCn1c(Cc2cccs2)nnc1SCC(=O)Nc1ccc(OC)cc1OC. The molecular weight excluding hydrogens is 396 g/mol. The summed E-state index contributed by atoms with van der Waals surface area (Å²) in [4.78, 5) is 13.6. The van der Waals surface area contributed by atoms with Crippen LogP contribution in [0.25, 0.3) is 0 Å². The standard InChI is InChI=1S/C19H22N4O3S2/c1-4-23-17(11-14-6-5-9-27-14)21-22-19(23)28-12-18(24)20-15-8-7-13(25-2)10-16(15)26-3/h5-10H,4,11-12H2,1-3H3,(H,20,24). The molecular formula is C19H22N4O3S2. The van der Waals surface area contributed by atoms with E-state index in [1.54, 1.807) is 43.8 Å². The lowest BCUT2D eigenvalue weighted by atomic mass is 10.2. The molecule has 2 aromatic heterocycles. The third kappa shape index (κ3) is 4.85. The van der Waals surface area contributed by atoms with E-state index < -0.39 is 0 Å². The van der Waals surface area contributed by atoms with E-state index in [9.17, 15) is 4.79 Å². The van der Waals surface area contributed by atoms with Crippen LogP contribution in [-0.2, 0) is 17.8 Å². The van der Waals surface area contributed by atoms with Crippen LogP contribution in [0.1, 0.15) is 17.6 Å². The number of methoxy groups -OCH3 is 2. The van der Waals surface area contributed by atoms with Crippen molar-refractivity contribution >= 4 is 34.7 Å². The number of aromatic nitrogens is 3. The average molecular weight is 419 g/mol. The summed E-state index contributed by atoms with van der Waals surface area (Å²) in [6.45, 7) is 2.80. The molecule has 0 unspecified atom stereocenters. The molecule has 3 aromatic rings. The Morgan fingerprint density at radius 3 is 2.79 bits per heavy atom. The summed E-state index contributed by atoms with van der Waals surface area (Å²) in [6.07, 6.45) is 0.744. The first-order valence-corrected chi connectivity index (χ1v) is 10.6. The second-order valence-electron chi connectivity index (χ2n) is 5.80. The van der Waals surface area contributed by atoms with Crippen LogP contribution in [0.3, 0.4) is 0 Å². The Bertz CT molecular complexity index is 925. The highest BCUT2D eigenvalue weighted by atomic mass is 32.2. The molecule has 0 bridgehead atoms. The van der Waals surface area contributed by atoms with Gasteiger partial charge in [0.1, 0.15) is 17.3 Å². The van der Waals surface area contributed by atoms with Gasteiger partial charge in [0.15, 0.2) is 5.16 Å². The molecule has 1 aromatic carbocycles. The maximum Gasteiger partial charge on any atom is 0.234 e. The molecule has 0 saturated heterocycles. The minimum Gasteiger partial charge on any atom is -0.497 e. The van der Waals surface area contributed by atoms with Gasteiger partial charge in [0.25, 0.3) is 0 Å². The maximum atomic E-state index is 12.4. The molecule has 0 spiro atoms. The summed E-state index contributed by atoms with van der Waals surface area (Å²) in [5.74, 6) is 2.21. The van der Waals surface area contributed by atoms with Crippen molar-refractivity contribution in [3.63, 3.8) is 0 Å². The molecule has 0 aliphatic rings. The second kappa shape index (κ2) is 9.61. The molecule has 0 atom stereocenters. The van der Waals surface area contributed by atoms with Gasteiger partial charge >= 0.3 is 0 Å². The second-order valence-corrected chi connectivity index (χ2v) is 7.78. The molecule has 148 valence electrons.